The second-order valence-corrected chi connectivity index (χ2v) is 5.39. The number of fused-ring (bicyclic) bond motifs is 1. The van der Waals surface area contributed by atoms with Crippen LogP contribution in [0.3, 0.4) is 0 Å². The first-order chi connectivity index (χ1) is 12.4. The van der Waals surface area contributed by atoms with Crippen LogP contribution in [-0.2, 0) is 0 Å². The summed E-state index contributed by atoms with van der Waals surface area (Å²) >= 11 is 0. The molecule has 2 heterocycles. The predicted octanol–water partition coefficient (Wildman–Crippen LogP) is 2.73. The number of hydrogen-bond acceptors (Lipinski definition) is 5. The zero-order valence-corrected chi connectivity index (χ0v) is 13.6. The highest BCUT2D eigenvalue weighted by Gasteiger charge is 2.16. The van der Waals surface area contributed by atoms with Gasteiger partial charge in [0.25, 0.3) is 5.91 Å². The predicted molar refractivity (Wildman–Crippen MR) is 91.9 cm³/mol. The second kappa shape index (κ2) is 7.09. The van der Waals surface area contributed by atoms with E-state index in [1.54, 1.807) is 12.3 Å². The molecular weight excluding hydrogens is 342 g/mol. The summed E-state index contributed by atoms with van der Waals surface area (Å²) in [6.45, 7) is 1.49. The van der Waals surface area contributed by atoms with Crippen molar-refractivity contribution in [3.63, 3.8) is 0 Å². The van der Waals surface area contributed by atoms with E-state index < -0.39 is 17.5 Å². The Morgan fingerprint density at radius 2 is 2.15 bits per heavy atom. The third kappa shape index (κ3) is 3.72. The van der Waals surface area contributed by atoms with Crippen molar-refractivity contribution in [2.75, 3.05) is 5.32 Å². The van der Waals surface area contributed by atoms with Gasteiger partial charge in [-0.25, -0.2) is 18.3 Å². The van der Waals surface area contributed by atoms with Gasteiger partial charge in [-0.1, -0.05) is 0 Å². The number of hydrogen-bond donors (Lipinski definition) is 3. The summed E-state index contributed by atoms with van der Waals surface area (Å²) in [5.41, 5.74) is 0.634. The highest BCUT2D eigenvalue weighted by molar-refractivity contribution is 6.01. The number of nitrogens with zero attached hydrogens (tertiary/aromatic N) is 3. The molecule has 0 bridgehead atoms. The fourth-order valence-electron chi connectivity index (χ4n) is 2.23. The van der Waals surface area contributed by atoms with Crippen molar-refractivity contribution in [1.29, 1.82) is 5.41 Å². The minimum Gasteiger partial charge on any atom is -0.339 e. The van der Waals surface area contributed by atoms with E-state index >= 15 is 0 Å². The van der Waals surface area contributed by atoms with E-state index in [9.17, 15) is 13.6 Å². The summed E-state index contributed by atoms with van der Waals surface area (Å²) in [4.78, 5) is 16.6. The van der Waals surface area contributed by atoms with Gasteiger partial charge >= 0.3 is 0 Å². The molecule has 0 saturated carbocycles. The second-order valence-electron chi connectivity index (χ2n) is 5.39. The van der Waals surface area contributed by atoms with Crippen molar-refractivity contribution in [2.24, 2.45) is 0 Å². The van der Waals surface area contributed by atoms with Gasteiger partial charge in [-0.3, -0.25) is 4.79 Å². The average molecular weight is 356 g/mol. The van der Waals surface area contributed by atoms with Crippen LogP contribution in [0.25, 0.3) is 5.65 Å². The molecule has 0 atom stereocenters. The summed E-state index contributed by atoms with van der Waals surface area (Å²) in [5, 5.41) is 16.8. The molecule has 0 saturated heterocycles. The number of aromatic nitrogens is 3. The van der Waals surface area contributed by atoms with Gasteiger partial charge in [-0.2, -0.15) is 5.10 Å². The Morgan fingerprint density at radius 3 is 2.88 bits per heavy atom. The molecule has 0 spiro atoms. The minimum absolute atomic E-state index is 0.0443. The lowest BCUT2D eigenvalue weighted by Crippen LogP contribution is -2.28. The quantitative estimate of drug-likeness (QED) is 0.613. The van der Waals surface area contributed by atoms with Crippen molar-refractivity contribution in [3.05, 3.63) is 72.0 Å². The Morgan fingerprint density at radius 1 is 1.35 bits per heavy atom. The van der Waals surface area contributed by atoms with Gasteiger partial charge in [0, 0.05) is 24.2 Å². The third-order valence-electron chi connectivity index (χ3n) is 3.33. The van der Waals surface area contributed by atoms with Crippen LogP contribution < -0.4 is 10.6 Å². The Bertz CT molecular complexity index is 1030. The molecule has 0 aliphatic carbocycles. The number of carbonyl (C=O) groups excluding carboxylic acids is 1. The maximum Gasteiger partial charge on any atom is 0.262 e. The van der Waals surface area contributed by atoms with Crippen LogP contribution in [0.5, 0.6) is 0 Å². The van der Waals surface area contributed by atoms with Crippen molar-refractivity contribution in [2.45, 2.75) is 6.92 Å². The zero-order valence-electron chi connectivity index (χ0n) is 13.6. The molecule has 0 radical (unpaired) electrons. The Balaban J connectivity index is 1.87. The number of benzene rings is 1. The molecule has 3 aromatic rings. The van der Waals surface area contributed by atoms with Gasteiger partial charge in [-0.05, 0) is 31.2 Å². The summed E-state index contributed by atoms with van der Waals surface area (Å²) < 4.78 is 28.3. The lowest BCUT2D eigenvalue weighted by atomic mass is 10.2. The van der Waals surface area contributed by atoms with E-state index in [0.29, 0.717) is 11.7 Å². The number of anilines is 1. The lowest BCUT2D eigenvalue weighted by Gasteiger charge is -2.13. The van der Waals surface area contributed by atoms with Crippen molar-refractivity contribution in [1.82, 2.24) is 19.9 Å². The Labute approximate surface area is 146 Å². The van der Waals surface area contributed by atoms with Gasteiger partial charge in [0.1, 0.15) is 23.0 Å². The van der Waals surface area contributed by atoms with Crippen LogP contribution in [0.2, 0.25) is 0 Å². The number of nitrogens with one attached hydrogen (secondary N) is 3. The molecule has 3 N–H and O–H groups in total. The maximum absolute atomic E-state index is 13.8. The van der Waals surface area contributed by atoms with Gasteiger partial charge in [0.05, 0.1) is 11.9 Å². The van der Waals surface area contributed by atoms with Gasteiger partial charge in [-0.15, -0.1) is 0 Å². The molecule has 9 heteroatoms. The minimum atomic E-state index is -0.828. The molecule has 26 heavy (non-hydrogen) atoms. The normalized spacial score (nSPS) is 11.4. The Hall–Kier alpha value is -3.62. The summed E-state index contributed by atoms with van der Waals surface area (Å²) in [6.07, 6.45) is 5.83. The number of carbonyl (C=O) groups is 1. The van der Waals surface area contributed by atoms with E-state index in [-0.39, 0.29) is 22.8 Å². The van der Waals surface area contributed by atoms with Gasteiger partial charge < -0.3 is 16.0 Å². The van der Waals surface area contributed by atoms with E-state index in [1.807, 2.05) is 0 Å². The fraction of sp³-hybridized carbons (Fsp3) is 0.0588. The van der Waals surface area contributed by atoms with Crippen LogP contribution >= 0.6 is 0 Å². The van der Waals surface area contributed by atoms with E-state index in [1.165, 1.54) is 36.0 Å². The molecular formula is C17H14F2N6O. The smallest absolute Gasteiger partial charge is 0.262 e. The molecule has 1 aromatic carbocycles. The molecule has 132 valence electrons. The molecule has 0 fully saturated rings. The highest BCUT2D eigenvalue weighted by Crippen LogP contribution is 2.17. The monoisotopic (exact) mass is 356 g/mol. The number of allylic oxidation sites excluding steroid dienone is 1. The third-order valence-corrected chi connectivity index (χ3v) is 3.33. The van der Waals surface area contributed by atoms with Crippen LogP contribution in [-0.4, -0.2) is 26.2 Å². The topological polar surface area (TPSA) is 95.2 Å². The van der Waals surface area contributed by atoms with Crippen LogP contribution in [0, 0.1) is 17.0 Å². The SMILES string of the molecule is CC(=N)/C=C(/NC(=O)c1cnn2cccnc12)Nc1ccc(F)cc1F. The van der Waals surface area contributed by atoms with Crippen LogP contribution in [0.15, 0.2) is 54.8 Å². The van der Waals surface area contributed by atoms with Crippen molar-refractivity contribution < 1.29 is 13.6 Å². The first kappa shape index (κ1) is 17.2. The summed E-state index contributed by atoms with van der Waals surface area (Å²) in [6, 6.07) is 4.66. The number of rotatable bonds is 5. The lowest BCUT2D eigenvalue weighted by molar-refractivity contribution is 0.0968. The molecule has 3 rings (SSSR count). The van der Waals surface area contributed by atoms with E-state index in [0.717, 1.165) is 6.07 Å². The molecule has 0 aliphatic rings. The van der Waals surface area contributed by atoms with E-state index in [4.69, 9.17) is 5.41 Å². The largest absolute Gasteiger partial charge is 0.339 e. The maximum atomic E-state index is 13.8. The Kier molecular flexibility index (Phi) is 4.70. The molecule has 0 unspecified atom stereocenters. The summed E-state index contributed by atoms with van der Waals surface area (Å²) in [7, 11) is 0. The van der Waals surface area contributed by atoms with Crippen molar-refractivity contribution >= 4 is 23.0 Å². The van der Waals surface area contributed by atoms with Crippen molar-refractivity contribution in [3.8, 4) is 0 Å². The summed E-state index contributed by atoms with van der Waals surface area (Å²) in [5.74, 6) is -2.03. The first-order valence-electron chi connectivity index (χ1n) is 7.52. The first-order valence-corrected chi connectivity index (χ1v) is 7.52. The highest BCUT2D eigenvalue weighted by atomic mass is 19.1. The van der Waals surface area contributed by atoms with Crippen LogP contribution in [0.4, 0.5) is 14.5 Å². The number of halogens is 2. The molecule has 2 aromatic heterocycles. The van der Waals surface area contributed by atoms with Gasteiger partial charge in [0.15, 0.2) is 5.65 Å². The fourth-order valence-corrected chi connectivity index (χ4v) is 2.23. The number of amides is 1. The van der Waals surface area contributed by atoms with Gasteiger partial charge in [0.2, 0.25) is 0 Å². The molecule has 7 nitrogen and oxygen atoms in total. The molecule has 0 aliphatic heterocycles. The molecule has 1 amide bonds. The zero-order chi connectivity index (χ0) is 18.7. The van der Waals surface area contributed by atoms with E-state index in [2.05, 4.69) is 20.7 Å². The standard InChI is InChI=1S/C17H14F2N6O/c1-10(20)7-15(23-14-4-3-11(18)8-13(14)19)24-17(26)12-9-22-25-6-2-5-21-16(12)25/h2-9,20,23H,1H3,(H,24,26)/b15-7+,20-10?. The average Bonchev–Trinajstić information content (AvgIpc) is 3.01. The van der Waals surface area contributed by atoms with Crippen LogP contribution in [0.1, 0.15) is 17.3 Å².